The zero-order chi connectivity index (χ0) is 11.0. The Hall–Kier alpha value is -2.50. The average molecular weight is 214 g/mol. The monoisotopic (exact) mass is 214 g/mol. The predicted molar refractivity (Wildman–Crippen MR) is 56.1 cm³/mol. The zero-order valence-electron chi connectivity index (χ0n) is 8.07. The summed E-state index contributed by atoms with van der Waals surface area (Å²) >= 11 is 0. The molecule has 0 N–H and O–H groups in total. The molecule has 0 aliphatic rings. The van der Waals surface area contributed by atoms with Crippen LogP contribution < -0.4 is 0 Å². The standard InChI is InChI=1S/C10H6N4O2/c15-13-9-8(7-3-1-6-16-7)12-10-11-4-2-5-14(9)10/h1-6H. The van der Waals surface area contributed by atoms with E-state index in [1.54, 1.807) is 30.6 Å². The van der Waals surface area contributed by atoms with E-state index in [0.29, 0.717) is 17.2 Å². The van der Waals surface area contributed by atoms with Crippen molar-refractivity contribution in [2.45, 2.75) is 0 Å². The fourth-order valence-corrected chi connectivity index (χ4v) is 1.54. The first kappa shape index (κ1) is 8.78. The first-order valence-corrected chi connectivity index (χ1v) is 4.60. The van der Waals surface area contributed by atoms with Gasteiger partial charge in [-0.25, -0.2) is 9.97 Å². The van der Waals surface area contributed by atoms with Crippen molar-refractivity contribution in [2.24, 2.45) is 5.18 Å². The highest BCUT2D eigenvalue weighted by Crippen LogP contribution is 2.30. The van der Waals surface area contributed by atoms with Gasteiger partial charge in [0.25, 0.3) is 0 Å². The van der Waals surface area contributed by atoms with Crippen LogP contribution in [-0.2, 0) is 0 Å². The Balaban J connectivity index is 2.37. The number of hydrogen-bond donors (Lipinski definition) is 0. The summed E-state index contributed by atoms with van der Waals surface area (Å²) in [5.41, 5.74) is 0.402. The van der Waals surface area contributed by atoms with Gasteiger partial charge in [-0.2, -0.15) is 0 Å². The third-order valence-corrected chi connectivity index (χ3v) is 2.22. The smallest absolute Gasteiger partial charge is 0.236 e. The highest BCUT2D eigenvalue weighted by atomic mass is 16.3. The van der Waals surface area contributed by atoms with Crippen LogP contribution in [0.3, 0.4) is 0 Å². The molecular weight excluding hydrogens is 208 g/mol. The summed E-state index contributed by atoms with van der Waals surface area (Å²) in [5, 5.41) is 2.97. The molecule has 0 aliphatic heterocycles. The quantitative estimate of drug-likeness (QED) is 0.614. The molecule has 0 saturated carbocycles. The largest absolute Gasteiger partial charge is 0.463 e. The van der Waals surface area contributed by atoms with E-state index in [1.807, 2.05) is 0 Å². The fourth-order valence-electron chi connectivity index (χ4n) is 1.54. The number of nitroso groups, excluding NO2 is 1. The molecule has 3 rings (SSSR count). The Kier molecular flexibility index (Phi) is 1.79. The van der Waals surface area contributed by atoms with Crippen molar-refractivity contribution in [1.82, 2.24) is 14.4 Å². The molecule has 78 valence electrons. The Morgan fingerprint density at radius 1 is 1.38 bits per heavy atom. The van der Waals surface area contributed by atoms with Gasteiger partial charge < -0.3 is 4.42 Å². The fraction of sp³-hybridized carbons (Fsp3) is 0. The molecular formula is C10H6N4O2. The van der Waals surface area contributed by atoms with Crippen molar-refractivity contribution in [3.63, 3.8) is 0 Å². The van der Waals surface area contributed by atoms with Gasteiger partial charge in [-0.1, -0.05) is 0 Å². The second kappa shape index (κ2) is 3.27. The van der Waals surface area contributed by atoms with Crippen LogP contribution in [0.25, 0.3) is 17.2 Å². The number of rotatable bonds is 2. The van der Waals surface area contributed by atoms with Crippen molar-refractivity contribution in [1.29, 1.82) is 0 Å². The van der Waals surface area contributed by atoms with Crippen molar-refractivity contribution in [2.75, 3.05) is 0 Å². The molecule has 3 aromatic heterocycles. The van der Waals surface area contributed by atoms with Crippen molar-refractivity contribution < 1.29 is 4.42 Å². The van der Waals surface area contributed by atoms with Crippen molar-refractivity contribution in [3.8, 4) is 11.5 Å². The molecule has 16 heavy (non-hydrogen) atoms. The number of hydrogen-bond acceptors (Lipinski definition) is 5. The lowest BCUT2D eigenvalue weighted by atomic mass is 10.3. The molecule has 0 aliphatic carbocycles. The second-order valence-electron chi connectivity index (χ2n) is 3.14. The molecule has 0 atom stereocenters. The highest BCUT2D eigenvalue weighted by molar-refractivity contribution is 5.69. The Morgan fingerprint density at radius 2 is 2.31 bits per heavy atom. The summed E-state index contributed by atoms with van der Waals surface area (Å²) in [5.74, 6) is 1.11. The first-order valence-electron chi connectivity index (χ1n) is 4.60. The topological polar surface area (TPSA) is 72.8 Å². The lowest BCUT2D eigenvalue weighted by Crippen LogP contribution is -1.84. The number of aromatic nitrogens is 3. The van der Waals surface area contributed by atoms with Crippen LogP contribution >= 0.6 is 0 Å². The zero-order valence-corrected chi connectivity index (χ0v) is 8.07. The van der Waals surface area contributed by atoms with Crippen LogP contribution in [0.4, 0.5) is 5.82 Å². The first-order chi connectivity index (χ1) is 7.90. The van der Waals surface area contributed by atoms with Gasteiger partial charge in [0.1, 0.15) is 0 Å². The molecule has 0 unspecified atom stereocenters. The second-order valence-corrected chi connectivity index (χ2v) is 3.14. The lowest BCUT2D eigenvalue weighted by Gasteiger charge is -1.91. The molecule has 3 aromatic rings. The van der Waals surface area contributed by atoms with Gasteiger partial charge >= 0.3 is 0 Å². The number of furan rings is 1. The Morgan fingerprint density at radius 3 is 3.06 bits per heavy atom. The third-order valence-electron chi connectivity index (χ3n) is 2.22. The van der Waals surface area contributed by atoms with Crippen LogP contribution in [0.5, 0.6) is 0 Å². The minimum absolute atomic E-state index is 0.193. The number of fused-ring (bicyclic) bond motifs is 1. The summed E-state index contributed by atoms with van der Waals surface area (Å²) in [6.45, 7) is 0. The van der Waals surface area contributed by atoms with E-state index in [0.717, 1.165) is 0 Å². The van der Waals surface area contributed by atoms with Crippen LogP contribution in [0, 0.1) is 4.91 Å². The van der Waals surface area contributed by atoms with Gasteiger partial charge in [-0.05, 0) is 23.4 Å². The summed E-state index contributed by atoms with van der Waals surface area (Å²) in [4.78, 5) is 19.0. The predicted octanol–water partition coefficient (Wildman–Crippen LogP) is 2.39. The van der Waals surface area contributed by atoms with Gasteiger partial charge in [0.15, 0.2) is 11.5 Å². The molecule has 6 heteroatoms. The SMILES string of the molecule is O=Nc1c(-c2ccco2)nc2ncccn12. The van der Waals surface area contributed by atoms with Crippen LogP contribution in [0.2, 0.25) is 0 Å². The molecule has 0 fully saturated rings. The van der Waals surface area contributed by atoms with Crippen LogP contribution in [0.15, 0.2) is 46.4 Å². The van der Waals surface area contributed by atoms with Crippen molar-refractivity contribution >= 4 is 11.6 Å². The number of nitrogens with zero attached hydrogens (tertiary/aromatic N) is 4. The molecule has 0 aromatic carbocycles. The van der Waals surface area contributed by atoms with E-state index in [4.69, 9.17) is 4.42 Å². The summed E-state index contributed by atoms with van der Waals surface area (Å²) in [6.07, 6.45) is 4.79. The van der Waals surface area contributed by atoms with Gasteiger partial charge in [0.2, 0.25) is 11.6 Å². The van der Waals surface area contributed by atoms with Gasteiger partial charge in [0.05, 0.1) is 6.26 Å². The van der Waals surface area contributed by atoms with E-state index in [1.165, 1.54) is 10.7 Å². The molecule has 0 amide bonds. The Bertz CT molecular complexity index is 642. The summed E-state index contributed by atoms with van der Waals surface area (Å²) < 4.78 is 6.71. The molecule has 6 nitrogen and oxygen atoms in total. The van der Waals surface area contributed by atoms with E-state index in [2.05, 4.69) is 15.1 Å². The minimum Gasteiger partial charge on any atom is -0.463 e. The van der Waals surface area contributed by atoms with Crippen molar-refractivity contribution in [3.05, 3.63) is 41.8 Å². The van der Waals surface area contributed by atoms with E-state index in [-0.39, 0.29) is 5.82 Å². The number of imidazole rings is 1. The Labute approximate surface area is 89.5 Å². The summed E-state index contributed by atoms with van der Waals surface area (Å²) in [6, 6.07) is 5.15. The van der Waals surface area contributed by atoms with Crippen LogP contribution in [0.1, 0.15) is 0 Å². The maximum atomic E-state index is 10.8. The molecule has 0 saturated heterocycles. The normalized spacial score (nSPS) is 10.8. The highest BCUT2D eigenvalue weighted by Gasteiger charge is 2.16. The lowest BCUT2D eigenvalue weighted by molar-refractivity contribution is 0.580. The van der Waals surface area contributed by atoms with E-state index < -0.39 is 0 Å². The molecule has 0 bridgehead atoms. The van der Waals surface area contributed by atoms with Crippen LogP contribution in [-0.4, -0.2) is 14.4 Å². The summed E-state index contributed by atoms with van der Waals surface area (Å²) in [7, 11) is 0. The molecule has 3 heterocycles. The molecule has 0 radical (unpaired) electrons. The van der Waals surface area contributed by atoms with E-state index in [9.17, 15) is 4.91 Å². The average Bonchev–Trinajstić information content (AvgIpc) is 2.95. The van der Waals surface area contributed by atoms with Gasteiger partial charge in [-0.15, -0.1) is 4.91 Å². The maximum absolute atomic E-state index is 10.8. The van der Waals surface area contributed by atoms with Gasteiger partial charge in [-0.3, -0.25) is 4.40 Å². The minimum atomic E-state index is 0.193. The third kappa shape index (κ3) is 1.13. The van der Waals surface area contributed by atoms with E-state index >= 15 is 0 Å². The molecule has 0 spiro atoms. The van der Waals surface area contributed by atoms with Gasteiger partial charge in [0, 0.05) is 12.4 Å². The maximum Gasteiger partial charge on any atom is 0.236 e.